The summed E-state index contributed by atoms with van der Waals surface area (Å²) in [4.78, 5) is 30.4. The van der Waals surface area contributed by atoms with Gasteiger partial charge in [0.2, 0.25) is 5.91 Å². The molecule has 2 aromatic carbocycles. The van der Waals surface area contributed by atoms with Crippen molar-refractivity contribution in [3.05, 3.63) is 95.4 Å². The summed E-state index contributed by atoms with van der Waals surface area (Å²) in [5, 5.41) is 0. The number of hydrogen-bond donors (Lipinski definition) is 0. The number of nitrogens with zero attached hydrogens (tertiary/aromatic N) is 2. The molecule has 0 atom stereocenters. The van der Waals surface area contributed by atoms with E-state index in [1.165, 1.54) is 24.8 Å². The van der Waals surface area contributed by atoms with Gasteiger partial charge in [-0.25, -0.2) is 0 Å². The highest BCUT2D eigenvalue weighted by Gasteiger charge is 2.23. The highest BCUT2D eigenvalue weighted by Crippen LogP contribution is 2.15. The third-order valence-corrected chi connectivity index (χ3v) is 6.41. The largest absolute Gasteiger partial charge is 0.467 e. The van der Waals surface area contributed by atoms with Crippen LogP contribution in [0, 0.1) is 0 Å². The molecule has 6 nitrogen and oxygen atoms in total. The van der Waals surface area contributed by atoms with Crippen LogP contribution >= 0.6 is 0 Å². The predicted molar refractivity (Wildman–Crippen MR) is 146 cm³/mol. The Morgan fingerprint density at radius 2 is 1.59 bits per heavy atom. The topological polar surface area (TPSA) is 63.0 Å². The molecule has 6 heteroatoms. The van der Waals surface area contributed by atoms with Gasteiger partial charge in [0.05, 0.1) is 12.8 Å². The molecule has 2 amide bonds. The summed E-state index contributed by atoms with van der Waals surface area (Å²) in [7, 11) is 1.64. The maximum atomic E-state index is 13.5. The molecule has 0 aliphatic heterocycles. The fourth-order valence-electron chi connectivity index (χ4n) is 4.29. The molecular weight excluding hydrogens is 464 g/mol. The lowest BCUT2D eigenvalue weighted by Crippen LogP contribution is -2.43. The second kappa shape index (κ2) is 15.7. The van der Waals surface area contributed by atoms with Crippen LogP contribution in [-0.4, -0.2) is 48.4 Å². The van der Waals surface area contributed by atoms with Gasteiger partial charge in [-0.05, 0) is 54.7 Å². The fourth-order valence-corrected chi connectivity index (χ4v) is 4.29. The quantitative estimate of drug-likeness (QED) is 0.221. The van der Waals surface area contributed by atoms with Gasteiger partial charge in [-0.2, -0.15) is 0 Å². The lowest BCUT2D eigenvalue weighted by Gasteiger charge is -2.27. The molecule has 37 heavy (non-hydrogen) atoms. The first kappa shape index (κ1) is 28.2. The molecule has 198 valence electrons. The Morgan fingerprint density at radius 3 is 2.27 bits per heavy atom. The minimum absolute atomic E-state index is 0.00510. The molecule has 1 aromatic heterocycles. The molecule has 0 radical (unpaired) electrons. The number of rotatable bonds is 16. The second-order valence-electron chi connectivity index (χ2n) is 9.40. The monoisotopic (exact) mass is 504 g/mol. The van der Waals surface area contributed by atoms with Gasteiger partial charge in [0.25, 0.3) is 5.91 Å². The number of ether oxygens (including phenoxy) is 1. The summed E-state index contributed by atoms with van der Waals surface area (Å²) >= 11 is 0. The molecule has 0 bridgehead atoms. The Labute approximate surface area is 221 Å². The van der Waals surface area contributed by atoms with Crippen LogP contribution < -0.4 is 0 Å². The van der Waals surface area contributed by atoms with E-state index in [1.807, 2.05) is 66.7 Å². The van der Waals surface area contributed by atoms with Gasteiger partial charge in [-0.1, -0.05) is 68.7 Å². The smallest absolute Gasteiger partial charge is 0.254 e. The van der Waals surface area contributed by atoms with Crippen molar-refractivity contribution < 1.29 is 18.7 Å². The van der Waals surface area contributed by atoms with Crippen LogP contribution in [0.5, 0.6) is 0 Å². The van der Waals surface area contributed by atoms with Crippen LogP contribution in [0.15, 0.2) is 77.4 Å². The maximum absolute atomic E-state index is 13.5. The van der Waals surface area contributed by atoms with Crippen molar-refractivity contribution in [2.24, 2.45) is 0 Å². The molecule has 3 rings (SSSR count). The molecular formula is C31H40N2O4. The number of carbonyl (C=O) groups is 2. The van der Waals surface area contributed by atoms with Crippen molar-refractivity contribution in [1.82, 2.24) is 9.80 Å². The first-order valence-corrected chi connectivity index (χ1v) is 13.3. The zero-order chi connectivity index (χ0) is 26.3. The van der Waals surface area contributed by atoms with Gasteiger partial charge >= 0.3 is 0 Å². The second-order valence-corrected chi connectivity index (χ2v) is 9.40. The van der Waals surface area contributed by atoms with Gasteiger partial charge < -0.3 is 19.0 Å². The number of hydrogen-bond acceptors (Lipinski definition) is 4. The Balaban J connectivity index is 1.71. The van der Waals surface area contributed by atoms with E-state index >= 15 is 0 Å². The van der Waals surface area contributed by atoms with Gasteiger partial charge in [-0.15, -0.1) is 0 Å². The van der Waals surface area contributed by atoms with E-state index < -0.39 is 0 Å². The molecule has 0 fully saturated rings. The summed E-state index contributed by atoms with van der Waals surface area (Å²) in [5.41, 5.74) is 2.86. The van der Waals surface area contributed by atoms with E-state index in [1.54, 1.807) is 23.2 Å². The first-order valence-electron chi connectivity index (χ1n) is 13.3. The summed E-state index contributed by atoms with van der Waals surface area (Å²) < 4.78 is 10.7. The Morgan fingerprint density at radius 1 is 0.811 bits per heavy atom. The van der Waals surface area contributed by atoms with E-state index in [4.69, 9.17) is 9.15 Å². The van der Waals surface area contributed by atoms with Gasteiger partial charge in [-0.3, -0.25) is 9.59 Å². The lowest BCUT2D eigenvalue weighted by molar-refractivity contribution is -0.133. The van der Waals surface area contributed by atoms with Crippen molar-refractivity contribution in [3.63, 3.8) is 0 Å². The SMILES string of the molecule is CCCCCCc1ccc(C(=O)N(CCCOC)CC(=O)N(Cc2ccccc2)Cc2ccco2)cc1. The molecule has 1 heterocycles. The number of methoxy groups -OCH3 is 1. The fraction of sp³-hybridized carbons (Fsp3) is 0.419. The van der Waals surface area contributed by atoms with Crippen LogP contribution in [0.3, 0.4) is 0 Å². The zero-order valence-electron chi connectivity index (χ0n) is 22.2. The lowest BCUT2D eigenvalue weighted by atomic mass is 10.0. The van der Waals surface area contributed by atoms with Crippen molar-refractivity contribution in [1.29, 1.82) is 0 Å². The molecule has 0 aliphatic rings. The average Bonchev–Trinajstić information content (AvgIpc) is 3.44. The number of carbonyl (C=O) groups excluding carboxylic acids is 2. The standard InChI is InChI=1S/C31H40N2O4/c1-3-4-5-7-12-26-16-18-28(19-17-26)31(35)32(20-11-21-36-2)25-30(34)33(24-29-15-10-22-37-29)23-27-13-8-6-9-14-27/h6,8-10,13-19,22H,3-5,7,11-12,20-21,23-25H2,1-2H3. The van der Waals surface area contributed by atoms with E-state index in [0.717, 1.165) is 18.4 Å². The molecule has 0 aliphatic carbocycles. The summed E-state index contributed by atoms with van der Waals surface area (Å²) in [6, 6.07) is 21.4. The van der Waals surface area contributed by atoms with Gasteiger partial charge in [0.15, 0.2) is 0 Å². The Bertz CT molecular complexity index is 1050. The maximum Gasteiger partial charge on any atom is 0.254 e. The predicted octanol–water partition coefficient (Wildman–Crippen LogP) is 6.11. The van der Waals surface area contributed by atoms with E-state index in [-0.39, 0.29) is 18.4 Å². The van der Waals surface area contributed by atoms with Crippen LogP contribution in [0.2, 0.25) is 0 Å². The van der Waals surface area contributed by atoms with Gasteiger partial charge in [0, 0.05) is 32.4 Å². The molecule has 0 spiro atoms. The van der Waals surface area contributed by atoms with Crippen molar-refractivity contribution in [2.45, 2.75) is 58.5 Å². The number of unbranched alkanes of at least 4 members (excludes halogenated alkanes) is 3. The minimum Gasteiger partial charge on any atom is -0.467 e. The molecule has 3 aromatic rings. The van der Waals surface area contributed by atoms with Crippen LogP contribution in [-0.2, 0) is 29.0 Å². The number of furan rings is 1. The third-order valence-electron chi connectivity index (χ3n) is 6.41. The van der Waals surface area contributed by atoms with E-state index in [2.05, 4.69) is 6.92 Å². The van der Waals surface area contributed by atoms with Crippen LogP contribution in [0.4, 0.5) is 0 Å². The molecule has 0 N–H and O–H groups in total. The third kappa shape index (κ3) is 9.54. The van der Waals surface area contributed by atoms with Crippen molar-refractivity contribution >= 4 is 11.8 Å². The van der Waals surface area contributed by atoms with Crippen LogP contribution in [0.25, 0.3) is 0 Å². The Hall–Kier alpha value is -3.38. The van der Waals surface area contributed by atoms with Crippen molar-refractivity contribution in [2.75, 3.05) is 26.8 Å². The van der Waals surface area contributed by atoms with Gasteiger partial charge in [0.1, 0.15) is 12.3 Å². The van der Waals surface area contributed by atoms with Crippen molar-refractivity contribution in [3.8, 4) is 0 Å². The van der Waals surface area contributed by atoms with E-state index in [9.17, 15) is 9.59 Å². The van der Waals surface area contributed by atoms with E-state index in [0.29, 0.717) is 44.0 Å². The molecule has 0 saturated carbocycles. The normalized spacial score (nSPS) is 10.9. The Kier molecular flexibility index (Phi) is 11.9. The minimum atomic E-state index is -0.139. The summed E-state index contributed by atoms with van der Waals surface area (Å²) in [5.74, 6) is 0.439. The highest BCUT2D eigenvalue weighted by atomic mass is 16.5. The van der Waals surface area contributed by atoms with Crippen LogP contribution in [0.1, 0.15) is 66.3 Å². The average molecular weight is 505 g/mol. The molecule has 0 saturated heterocycles. The number of benzene rings is 2. The number of amides is 2. The highest BCUT2D eigenvalue weighted by molar-refractivity contribution is 5.96. The summed E-state index contributed by atoms with van der Waals surface area (Å²) in [6.45, 7) is 3.95. The number of aryl methyl sites for hydroxylation is 1. The zero-order valence-corrected chi connectivity index (χ0v) is 22.2. The molecule has 0 unspecified atom stereocenters. The first-order chi connectivity index (χ1) is 18.1. The summed E-state index contributed by atoms with van der Waals surface area (Å²) in [6.07, 6.45) is 8.13.